The number of hydrogen-bond acceptors (Lipinski definition) is 6. The number of benzene rings is 2. The average molecular weight is 513 g/mol. The van der Waals surface area contributed by atoms with Crippen LogP contribution in [0.1, 0.15) is 44.8 Å². The molecule has 1 atom stereocenters. The summed E-state index contributed by atoms with van der Waals surface area (Å²) in [5, 5.41) is 10.1. The van der Waals surface area contributed by atoms with Gasteiger partial charge in [-0.3, -0.25) is 9.59 Å². The number of piperidine rings is 1. The van der Waals surface area contributed by atoms with Gasteiger partial charge in [0.1, 0.15) is 0 Å². The normalized spacial score (nSPS) is 15.5. The molecule has 1 unspecified atom stereocenters. The number of hydrogen-bond donors (Lipinski definition) is 4. The summed E-state index contributed by atoms with van der Waals surface area (Å²) >= 11 is 12.3. The molecule has 0 spiro atoms. The van der Waals surface area contributed by atoms with E-state index in [1.165, 1.54) is 6.20 Å². The molecule has 1 saturated heterocycles. The fraction of sp³-hybridized carbons (Fsp3) is 0.280. The number of halogens is 2. The Morgan fingerprint density at radius 3 is 2.77 bits per heavy atom. The van der Waals surface area contributed by atoms with Crippen molar-refractivity contribution in [1.82, 2.24) is 25.9 Å². The maximum Gasteiger partial charge on any atom is 0.274 e. The molecule has 0 saturated carbocycles. The van der Waals surface area contributed by atoms with Gasteiger partial charge in [-0.05, 0) is 61.7 Å². The largest absolute Gasteiger partial charge is 0.382 e. The van der Waals surface area contributed by atoms with Crippen LogP contribution in [0.25, 0.3) is 11.3 Å². The van der Waals surface area contributed by atoms with Gasteiger partial charge in [-0.15, -0.1) is 0 Å². The van der Waals surface area contributed by atoms with E-state index in [0.29, 0.717) is 33.4 Å². The monoisotopic (exact) mass is 512 g/mol. The van der Waals surface area contributed by atoms with Gasteiger partial charge in [-0.1, -0.05) is 35.3 Å². The van der Waals surface area contributed by atoms with Crippen LogP contribution in [0.2, 0.25) is 10.0 Å². The number of nitrogens with two attached hydrogens (primary N) is 1. The molecule has 1 aliphatic rings. The van der Waals surface area contributed by atoms with Gasteiger partial charge in [0.2, 0.25) is 0 Å². The SMILES string of the molecule is Cc1cc(Cl)cc(Cl)c1CNC(=O)c1cccc(-c2cnc(N)c(C(=O)NC3CCCNC3)n2)c1. The maximum atomic E-state index is 12.8. The Morgan fingerprint density at radius 1 is 1.20 bits per heavy atom. The lowest BCUT2D eigenvalue weighted by Gasteiger charge is -2.23. The fourth-order valence-corrected chi connectivity index (χ4v) is 4.64. The second-order valence-corrected chi connectivity index (χ2v) is 9.30. The zero-order chi connectivity index (χ0) is 24.9. The van der Waals surface area contributed by atoms with Gasteiger partial charge in [-0.25, -0.2) is 9.97 Å². The van der Waals surface area contributed by atoms with Crippen molar-refractivity contribution in [2.75, 3.05) is 18.8 Å². The quantitative estimate of drug-likeness (QED) is 0.398. The van der Waals surface area contributed by atoms with Crippen LogP contribution in [0.4, 0.5) is 5.82 Å². The summed E-state index contributed by atoms with van der Waals surface area (Å²) in [5.74, 6) is -0.586. The van der Waals surface area contributed by atoms with Crippen molar-refractivity contribution < 1.29 is 9.59 Å². The van der Waals surface area contributed by atoms with Crippen molar-refractivity contribution in [2.45, 2.75) is 32.4 Å². The first kappa shape index (κ1) is 24.9. The van der Waals surface area contributed by atoms with Crippen LogP contribution in [-0.2, 0) is 6.54 Å². The Balaban J connectivity index is 1.50. The summed E-state index contributed by atoms with van der Waals surface area (Å²) in [6.45, 7) is 3.79. The molecule has 1 fully saturated rings. The second-order valence-electron chi connectivity index (χ2n) is 8.45. The Bertz CT molecular complexity index is 1240. The minimum Gasteiger partial charge on any atom is -0.382 e. The van der Waals surface area contributed by atoms with Crippen molar-refractivity contribution in [3.05, 3.63) is 75.0 Å². The number of carbonyl (C=O) groups excluding carboxylic acids is 2. The Morgan fingerprint density at radius 2 is 2.03 bits per heavy atom. The number of rotatable bonds is 6. The fourth-order valence-electron chi connectivity index (χ4n) is 3.98. The molecule has 1 aliphatic heterocycles. The molecule has 0 aliphatic carbocycles. The van der Waals surface area contributed by atoms with Crippen LogP contribution in [0.3, 0.4) is 0 Å². The molecule has 2 amide bonds. The minimum atomic E-state index is -0.366. The zero-order valence-corrected chi connectivity index (χ0v) is 20.7. The van der Waals surface area contributed by atoms with Gasteiger partial charge in [0, 0.05) is 40.3 Å². The highest BCUT2D eigenvalue weighted by molar-refractivity contribution is 6.35. The number of amides is 2. The van der Waals surface area contributed by atoms with E-state index in [2.05, 4.69) is 25.9 Å². The lowest BCUT2D eigenvalue weighted by atomic mass is 10.1. The summed E-state index contributed by atoms with van der Waals surface area (Å²) < 4.78 is 0. The second kappa shape index (κ2) is 11.0. The Labute approximate surface area is 213 Å². The van der Waals surface area contributed by atoms with Crippen LogP contribution in [-0.4, -0.2) is 40.9 Å². The van der Waals surface area contributed by atoms with E-state index in [1.807, 2.05) is 6.92 Å². The molecule has 4 rings (SSSR count). The maximum absolute atomic E-state index is 12.8. The third-order valence-electron chi connectivity index (χ3n) is 5.88. The van der Waals surface area contributed by atoms with Gasteiger partial charge in [0.15, 0.2) is 11.5 Å². The zero-order valence-electron chi connectivity index (χ0n) is 19.2. The number of nitrogens with one attached hydrogen (secondary N) is 3. The number of carbonyl (C=O) groups is 2. The first-order chi connectivity index (χ1) is 16.8. The lowest BCUT2D eigenvalue weighted by molar-refractivity contribution is 0.0923. The van der Waals surface area contributed by atoms with Gasteiger partial charge in [0.05, 0.1) is 11.9 Å². The molecule has 35 heavy (non-hydrogen) atoms. The molecular formula is C25H26Cl2N6O2. The highest BCUT2D eigenvalue weighted by Crippen LogP contribution is 2.25. The molecule has 0 radical (unpaired) electrons. The molecule has 3 aromatic rings. The van der Waals surface area contributed by atoms with Crippen molar-refractivity contribution in [3.8, 4) is 11.3 Å². The van der Waals surface area contributed by atoms with Crippen LogP contribution >= 0.6 is 23.2 Å². The van der Waals surface area contributed by atoms with Crippen LogP contribution < -0.4 is 21.7 Å². The summed E-state index contributed by atoms with van der Waals surface area (Å²) in [7, 11) is 0. The summed E-state index contributed by atoms with van der Waals surface area (Å²) in [6, 6.07) is 10.4. The van der Waals surface area contributed by atoms with E-state index < -0.39 is 0 Å². The number of anilines is 1. The van der Waals surface area contributed by atoms with E-state index in [-0.39, 0.29) is 35.9 Å². The summed E-state index contributed by atoms with van der Waals surface area (Å²) in [4.78, 5) is 34.2. The number of nitrogens with zero attached hydrogens (tertiary/aromatic N) is 2. The predicted octanol–water partition coefficient (Wildman–Crippen LogP) is 3.75. The smallest absolute Gasteiger partial charge is 0.274 e. The summed E-state index contributed by atoms with van der Waals surface area (Å²) in [5.41, 5.74) is 9.22. The molecule has 2 aromatic carbocycles. The molecule has 2 heterocycles. The van der Waals surface area contributed by atoms with Crippen molar-refractivity contribution in [3.63, 3.8) is 0 Å². The Hall–Kier alpha value is -3.20. The van der Waals surface area contributed by atoms with E-state index in [4.69, 9.17) is 28.9 Å². The first-order valence-corrected chi connectivity index (χ1v) is 12.0. The third-order valence-corrected chi connectivity index (χ3v) is 6.43. The molecule has 1 aromatic heterocycles. The van der Waals surface area contributed by atoms with Gasteiger partial charge < -0.3 is 21.7 Å². The molecule has 182 valence electrons. The Kier molecular flexibility index (Phi) is 7.85. The highest BCUT2D eigenvalue weighted by Gasteiger charge is 2.20. The first-order valence-electron chi connectivity index (χ1n) is 11.3. The standard InChI is InChI=1S/C25H26Cl2N6O2/c1-14-8-17(26)10-20(27)19(14)12-31-24(34)16-5-2-4-15(9-16)21-13-30-23(28)22(33-21)25(35)32-18-6-3-7-29-11-18/h2,4-5,8-10,13,18,29H,3,6-7,11-12H2,1H3,(H2,28,30)(H,31,34)(H,32,35). The van der Waals surface area contributed by atoms with E-state index in [9.17, 15) is 9.59 Å². The molecule has 0 bridgehead atoms. The van der Waals surface area contributed by atoms with Crippen molar-refractivity contribution in [1.29, 1.82) is 0 Å². The summed E-state index contributed by atoms with van der Waals surface area (Å²) in [6.07, 6.45) is 3.37. The van der Waals surface area contributed by atoms with Crippen molar-refractivity contribution >= 4 is 40.8 Å². The molecule has 8 nitrogen and oxygen atoms in total. The molecular weight excluding hydrogens is 487 g/mol. The topological polar surface area (TPSA) is 122 Å². The van der Waals surface area contributed by atoms with Gasteiger partial charge in [-0.2, -0.15) is 0 Å². The minimum absolute atomic E-state index is 0.0194. The lowest BCUT2D eigenvalue weighted by Crippen LogP contribution is -2.46. The van der Waals surface area contributed by atoms with Crippen LogP contribution in [0.15, 0.2) is 42.6 Å². The van der Waals surface area contributed by atoms with E-state index in [1.54, 1.807) is 36.4 Å². The van der Waals surface area contributed by atoms with Gasteiger partial charge in [0.25, 0.3) is 11.8 Å². The van der Waals surface area contributed by atoms with Crippen LogP contribution in [0, 0.1) is 6.92 Å². The van der Waals surface area contributed by atoms with Crippen molar-refractivity contribution in [2.24, 2.45) is 0 Å². The highest BCUT2D eigenvalue weighted by atomic mass is 35.5. The third kappa shape index (κ3) is 6.08. The van der Waals surface area contributed by atoms with Crippen LogP contribution in [0.5, 0.6) is 0 Å². The predicted molar refractivity (Wildman–Crippen MR) is 138 cm³/mol. The van der Waals surface area contributed by atoms with E-state index >= 15 is 0 Å². The average Bonchev–Trinajstić information content (AvgIpc) is 2.84. The van der Waals surface area contributed by atoms with Gasteiger partial charge >= 0.3 is 0 Å². The molecule has 5 N–H and O–H groups in total. The number of aryl methyl sites for hydroxylation is 1. The molecule has 10 heteroatoms. The van der Waals surface area contributed by atoms with E-state index in [0.717, 1.165) is 30.5 Å². The number of aromatic nitrogens is 2. The number of nitrogen functional groups attached to an aromatic ring is 1.